The van der Waals surface area contributed by atoms with E-state index in [1.54, 1.807) is 14.0 Å². The van der Waals surface area contributed by atoms with Crippen LogP contribution in [0.5, 0.6) is 0 Å². The number of aryl methyl sites for hydroxylation is 1. The normalized spacial score (nSPS) is 11.7. The van der Waals surface area contributed by atoms with Gasteiger partial charge in [0.25, 0.3) is 0 Å². The van der Waals surface area contributed by atoms with Gasteiger partial charge in [-0.15, -0.1) is 0 Å². The molecule has 0 bridgehead atoms. The van der Waals surface area contributed by atoms with Gasteiger partial charge in [-0.05, 0) is 12.5 Å². The average molecular weight is 265 g/mol. The van der Waals surface area contributed by atoms with Crippen LogP contribution in [0.2, 0.25) is 0 Å². The Morgan fingerprint density at radius 1 is 1.28 bits per heavy atom. The Labute approximate surface area is 107 Å². The fourth-order valence-corrected chi connectivity index (χ4v) is 2.81. The van der Waals surface area contributed by atoms with Crippen molar-refractivity contribution in [2.75, 3.05) is 0 Å². The third-order valence-electron chi connectivity index (χ3n) is 2.79. The molecule has 1 aromatic heterocycles. The molecule has 0 spiro atoms. The summed E-state index contributed by atoms with van der Waals surface area (Å²) in [5.41, 5.74) is 1.54. The number of hydrogen-bond acceptors (Lipinski definition) is 3. The fourth-order valence-electron chi connectivity index (χ4n) is 1.59. The molecule has 0 radical (unpaired) electrons. The van der Waals surface area contributed by atoms with Crippen LogP contribution in [0.3, 0.4) is 0 Å². The quantitative estimate of drug-likeness (QED) is 0.903. The summed E-state index contributed by atoms with van der Waals surface area (Å²) in [6, 6.07) is 9.39. The van der Waals surface area contributed by atoms with Crippen molar-refractivity contribution < 1.29 is 8.42 Å². The zero-order chi connectivity index (χ0) is 13.2. The highest BCUT2D eigenvalue weighted by Gasteiger charge is 2.19. The highest BCUT2D eigenvalue weighted by molar-refractivity contribution is 7.89. The van der Waals surface area contributed by atoms with Crippen molar-refractivity contribution in [1.82, 2.24) is 14.5 Å². The van der Waals surface area contributed by atoms with E-state index in [1.807, 2.05) is 30.3 Å². The summed E-state index contributed by atoms with van der Waals surface area (Å²) < 4.78 is 28.3. The maximum absolute atomic E-state index is 12.1. The Morgan fingerprint density at radius 3 is 2.50 bits per heavy atom. The first-order valence-corrected chi connectivity index (χ1v) is 7.01. The minimum absolute atomic E-state index is 0.223. The van der Waals surface area contributed by atoms with Gasteiger partial charge < -0.3 is 0 Å². The zero-order valence-corrected chi connectivity index (χ0v) is 11.1. The van der Waals surface area contributed by atoms with Crippen molar-refractivity contribution in [2.45, 2.75) is 18.4 Å². The number of nitrogens with one attached hydrogen (secondary N) is 1. The summed E-state index contributed by atoms with van der Waals surface area (Å²) in [6.07, 6.45) is 1.36. The van der Waals surface area contributed by atoms with Gasteiger partial charge in [0.05, 0.1) is 11.9 Å². The molecule has 2 aromatic rings. The molecule has 6 heteroatoms. The number of sulfonamides is 1. The molecule has 0 unspecified atom stereocenters. The van der Waals surface area contributed by atoms with E-state index in [2.05, 4.69) is 9.82 Å². The second-order valence-corrected chi connectivity index (χ2v) is 5.76. The second-order valence-electron chi connectivity index (χ2n) is 4.03. The van der Waals surface area contributed by atoms with Crippen LogP contribution in [0.15, 0.2) is 41.4 Å². The largest absolute Gasteiger partial charge is 0.272 e. The Hall–Kier alpha value is -1.66. The molecule has 0 fully saturated rings. The number of hydrogen-bond donors (Lipinski definition) is 1. The topological polar surface area (TPSA) is 64.0 Å². The van der Waals surface area contributed by atoms with Crippen molar-refractivity contribution in [3.8, 4) is 0 Å². The SMILES string of the molecule is Cc1c(S(=O)(=O)NCc2ccccc2)cnn1C. The van der Waals surface area contributed by atoms with E-state index >= 15 is 0 Å². The summed E-state index contributed by atoms with van der Waals surface area (Å²) in [4.78, 5) is 0.223. The van der Waals surface area contributed by atoms with Crippen LogP contribution < -0.4 is 4.72 Å². The maximum Gasteiger partial charge on any atom is 0.244 e. The molecule has 0 saturated carbocycles. The molecule has 1 N–H and O–H groups in total. The van der Waals surface area contributed by atoms with E-state index in [0.717, 1.165) is 5.56 Å². The highest BCUT2D eigenvalue weighted by Crippen LogP contribution is 2.13. The lowest BCUT2D eigenvalue weighted by Crippen LogP contribution is -2.23. The van der Waals surface area contributed by atoms with Gasteiger partial charge in [-0.3, -0.25) is 4.68 Å². The number of nitrogens with zero attached hydrogens (tertiary/aromatic N) is 2. The van der Waals surface area contributed by atoms with Crippen molar-refractivity contribution in [3.05, 3.63) is 47.8 Å². The summed E-state index contributed by atoms with van der Waals surface area (Å²) in [7, 11) is -1.79. The molecular weight excluding hydrogens is 250 g/mol. The molecule has 0 aliphatic carbocycles. The Kier molecular flexibility index (Phi) is 3.49. The van der Waals surface area contributed by atoms with Gasteiger partial charge in [0.15, 0.2) is 0 Å². The zero-order valence-electron chi connectivity index (χ0n) is 10.3. The summed E-state index contributed by atoms with van der Waals surface area (Å²) in [6.45, 7) is 2.00. The third kappa shape index (κ3) is 2.60. The lowest BCUT2D eigenvalue weighted by molar-refractivity contribution is 0.580. The van der Waals surface area contributed by atoms with Gasteiger partial charge in [0, 0.05) is 13.6 Å². The van der Waals surface area contributed by atoms with E-state index in [4.69, 9.17) is 0 Å². The van der Waals surface area contributed by atoms with Gasteiger partial charge in [0.2, 0.25) is 10.0 Å². The molecule has 0 aliphatic rings. The summed E-state index contributed by atoms with van der Waals surface area (Å²) in [5, 5.41) is 3.93. The van der Waals surface area contributed by atoms with Crippen LogP contribution in [0, 0.1) is 6.92 Å². The van der Waals surface area contributed by atoms with Crippen molar-refractivity contribution in [1.29, 1.82) is 0 Å². The molecule has 5 nitrogen and oxygen atoms in total. The molecule has 96 valence electrons. The van der Waals surface area contributed by atoms with Crippen LogP contribution in [0.4, 0.5) is 0 Å². The Bertz CT molecular complexity index is 633. The van der Waals surface area contributed by atoms with Crippen LogP contribution in [-0.2, 0) is 23.6 Å². The van der Waals surface area contributed by atoms with Crippen LogP contribution in [0.1, 0.15) is 11.3 Å². The monoisotopic (exact) mass is 265 g/mol. The van der Waals surface area contributed by atoms with Crippen LogP contribution in [0.25, 0.3) is 0 Å². The van der Waals surface area contributed by atoms with Crippen LogP contribution in [-0.4, -0.2) is 18.2 Å². The average Bonchev–Trinajstić information content (AvgIpc) is 2.70. The van der Waals surface area contributed by atoms with Crippen LogP contribution >= 0.6 is 0 Å². The minimum Gasteiger partial charge on any atom is -0.272 e. The minimum atomic E-state index is -3.50. The molecular formula is C12H15N3O2S. The van der Waals surface area contributed by atoms with E-state index in [-0.39, 0.29) is 11.4 Å². The standard InChI is InChI=1S/C12H15N3O2S/c1-10-12(9-13-15(10)2)18(16,17)14-8-11-6-4-3-5-7-11/h3-7,9,14H,8H2,1-2H3. The van der Waals surface area contributed by atoms with Crippen molar-refractivity contribution in [3.63, 3.8) is 0 Å². The molecule has 2 rings (SSSR count). The molecule has 0 atom stereocenters. The summed E-state index contributed by atoms with van der Waals surface area (Å²) in [5.74, 6) is 0. The molecule has 1 heterocycles. The first-order chi connectivity index (χ1) is 8.50. The lowest BCUT2D eigenvalue weighted by atomic mass is 10.2. The number of aromatic nitrogens is 2. The molecule has 0 aliphatic heterocycles. The molecule has 0 amide bonds. The van der Waals surface area contributed by atoms with Gasteiger partial charge in [-0.25, -0.2) is 13.1 Å². The Morgan fingerprint density at radius 2 is 1.94 bits per heavy atom. The number of benzene rings is 1. The lowest BCUT2D eigenvalue weighted by Gasteiger charge is -2.06. The summed E-state index contributed by atoms with van der Waals surface area (Å²) >= 11 is 0. The predicted octanol–water partition coefficient (Wildman–Crippen LogP) is 1.21. The first-order valence-electron chi connectivity index (χ1n) is 5.53. The van der Waals surface area contributed by atoms with E-state index in [1.165, 1.54) is 10.9 Å². The third-order valence-corrected chi connectivity index (χ3v) is 4.29. The second kappa shape index (κ2) is 4.91. The van der Waals surface area contributed by atoms with Crippen molar-refractivity contribution >= 4 is 10.0 Å². The smallest absolute Gasteiger partial charge is 0.244 e. The maximum atomic E-state index is 12.1. The van der Waals surface area contributed by atoms with Gasteiger partial charge in [-0.2, -0.15) is 5.10 Å². The fraction of sp³-hybridized carbons (Fsp3) is 0.250. The predicted molar refractivity (Wildman–Crippen MR) is 68.4 cm³/mol. The first kappa shape index (κ1) is 12.8. The molecule has 0 saturated heterocycles. The molecule has 1 aromatic carbocycles. The van der Waals surface area contributed by atoms with Gasteiger partial charge in [0.1, 0.15) is 4.90 Å². The van der Waals surface area contributed by atoms with E-state index in [0.29, 0.717) is 5.69 Å². The van der Waals surface area contributed by atoms with Gasteiger partial charge in [-0.1, -0.05) is 30.3 Å². The Balaban J connectivity index is 2.16. The number of rotatable bonds is 4. The van der Waals surface area contributed by atoms with Crippen molar-refractivity contribution in [2.24, 2.45) is 7.05 Å². The van der Waals surface area contributed by atoms with E-state index in [9.17, 15) is 8.42 Å². The van der Waals surface area contributed by atoms with Gasteiger partial charge >= 0.3 is 0 Å². The highest BCUT2D eigenvalue weighted by atomic mass is 32.2. The van der Waals surface area contributed by atoms with E-state index < -0.39 is 10.0 Å². The molecule has 18 heavy (non-hydrogen) atoms.